The van der Waals surface area contributed by atoms with Gasteiger partial charge in [0.2, 0.25) is 0 Å². The number of benzene rings is 1. The standard InChI is InChI=1S/C24H27N3O6S/c1-3-4-12-32-23(29)18(27-24(30)33-15-16-8-6-5-7-9-16)14-26-22(28)20-13-17-21(34-20)19(31-2)10-11-25-17/h5-11,13,18H,3-4,12,14-15H2,1-2H3,(H,26,28)(H,27,30)/t18-/m1/s1. The van der Waals surface area contributed by atoms with E-state index in [0.29, 0.717) is 22.6 Å². The van der Waals surface area contributed by atoms with Crippen LogP contribution in [0.5, 0.6) is 5.75 Å². The van der Waals surface area contributed by atoms with Gasteiger partial charge < -0.3 is 24.8 Å². The van der Waals surface area contributed by atoms with Crippen molar-refractivity contribution in [2.75, 3.05) is 20.3 Å². The van der Waals surface area contributed by atoms with Gasteiger partial charge in [0.25, 0.3) is 5.91 Å². The van der Waals surface area contributed by atoms with Gasteiger partial charge in [-0.15, -0.1) is 11.3 Å². The molecule has 2 amide bonds. The average molecular weight is 486 g/mol. The molecule has 3 rings (SSSR count). The summed E-state index contributed by atoms with van der Waals surface area (Å²) in [5.74, 6) is -0.435. The van der Waals surface area contributed by atoms with Crippen molar-refractivity contribution in [3.8, 4) is 5.75 Å². The largest absolute Gasteiger partial charge is 0.495 e. The normalized spacial score (nSPS) is 11.5. The van der Waals surface area contributed by atoms with Gasteiger partial charge in [-0.2, -0.15) is 0 Å². The average Bonchev–Trinajstić information content (AvgIpc) is 3.30. The van der Waals surface area contributed by atoms with E-state index in [1.807, 2.05) is 37.3 Å². The zero-order valence-electron chi connectivity index (χ0n) is 19.0. The highest BCUT2D eigenvalue weighted by Crippen LogP contribution is 2.31. The lowest BCUT2D eigenvalue weighted by Gasteiger charge is -2.18. The number of nitrogens with zero attached hydrogens (tertiary/aromatic N) is 1. The van der Waals surface area contributed by atoms with E-state index < -0.39 is 24.0 Å². The third kappa shape index (κ3) is 6.92. The Morgan fingerprint density at radius 3 is 2.65 bits per heavy atom. The number of amides is 2. The fourth-order valence-corrected chi connectivity index (χ4v) is 4.01. The first-order valence-electron chi connectivity index (χ1n) is 10.9. The van der Waals surface area contributed by atoms with Crippen molar-refractivity contribution in [3.63, 3.8) is 0 Å². The minimum absolute atomic E-state index is 0.0489. The summed E-state index contributed by atoms with van der Waals surface area (Å²) in [7, 11) is 1.55. The SMILES string of the molecule is CCCCOC(=O)[C@@H](CNC(=O)c1cc2nccc(OC)c2s1)NC(=O)OCc1ccccc1. The van der Waals surface area contributed by atoms with Crippen molar-refractivity contribution in [2.45, 2.75) is 32.4 Å². The van der Waals surface area contributed by atoms with E-state index in [2.05, 4.69) is 15.6 Å². The number of alkyl carbamates (subject to hydrolysis) is 1. The molecule has 0 aliphatic carbocycles. The molecule has 0 spiro atoms. The van der Waals surface area contributed by atoms with Crippen LogP contribution < -0.4 is 15.4 Å². The van der Waals surface area contributed by atoms with E-state index in [4.69, 9.17) is 14.2 Å². The van der Waals surface area contributed by atoms with Crippen LogP contribution in [0.1, 0.15) is 35.0 Å². The Morgan fingerprint density at radius 1 is 1.12 bits per heavy atom. The highest BCUT2D eigenvalue weighted by molar-refractivity contribution is 7.21. The van der Waals surface area contributed by atoms with Gasteiger partial charge >= 0.3 is 12.1 Å². The van der Waals surface area contributed by atoms with Crippen molar-refractivity contribution in [1.29, 1.82) is 0 Å². The fourth-order valence-electron chi connectivity index (χ4n) is 2.99. The lowest BCUT2D eigenvalue weighted by Crippen LogP contribution is -2.49. The minimum atomic E-state index is -1.11. The second-order valence-electron chi connectivity index (χ2n) is 7.33. The first kappa shape index (κ1) is 25.0. The topological polar surface area (TPSA) is 116 Å². The molecular weight excluding hydrogens is 458 g/mol. The Hall–Kier alpha value is -3.66. The molecule has 2 heterocycles. The molecule has 0 radical (unpaired) electrons. The van der Waals surface area contributed by atoms with Crippen LogP contribution >= 0.6 is 11.3 Å². The Kier molecular flexibility index (Phi) is 9.21. The molecule has 0 bridgehead atoms. The smallest absolute Gasteiger partial charge is 0.408 e. The van der Waals surface area contributed by atoms with Crippen LogP contribution in [0.25, 0.3) is 10.2 Å². The third-order valence-corrected chi connectivity index (χ3v) is 5.96. The highest BCUT2D eigenvalue weighted by Gasteiger charge is 2.25. The van der Waals surface area contributed by atoms with Crippen molar-refractivity contribution in [2.24, 2.45) is 0 Å². The highest BCUT2D eigenvalue weighted by atomic mass is 32.1. The maximum Gasteiger partial charge on any atom is 0.408 e. The third-order valence-electron chi connectivity index (χ3n) is 4.82. The van der Waals surface area contributed by atoms with E-state index >= 15 is 0 Å². The fraction of sp³-hybridized carbons (Fsp3) is 0.333. The van der Waals surface area contributed by atoms with E-state index in [9.17, 15) is 14.4 Å². The first-order chi connectivity index (χ1) is 16.5. The molecule has 0 saturated carbocycles. The lowest BCUT2D eigenvalue weighted by molar-refractivity contribution is -0.146. The molecule has 0 aliphatic rings. The number of nitrogens with one attached hydrogen (secondary N) is 2. The van der Waals surface area contributed by atoms with Crippen LogP contribution in [-0.4, -0.2) is 49.3 Å². The van der Waals surface area contributed by atoms with Crippen LogP contribution in [0.3, 0.4) is 0 Å². The van der Waals surface area contributed by atoms with Crippen LogP contribution in [0.4, 0.5) is 4.79 Å². The lowest BCUT2D eigenvalue weighted by atomic mass is 10.2. The molecule has 9 nitrogen and oxygen atoms in total. The number of fused-ring (bicyclic) bond motifs is 1. The summed E-state index contributed by atoms with van der Waals surface area (Å²) in [5.41, 5.74) is 1.44. The minimum Gasteiger partial charge on any atom is -0.495 e. The Bertz CT molecular complexity index is 1120. The summed E-state index contributed by atoms with van der Waals surface area (Å²) in [6, 6.07) is 11.4. The summed E-state index contributed by atoms with van der Waals surface area (Å²) in [5, 5.41) is 5.17. The molecule has 3 aromatic rings. The number of pyridine rings is 1. The van der Waals surface area contributed by atoms with Crippen molar-refractivity contribution in [1.82, 2.24) is 15.6 Å². The second kappa shape index (κ2) is 12.5. The summed E-state index contributed by atoms with van der Waals surface area (Å²) >= 11 is 1.23. The van der Waals surface area contributed by atoms with Crippen molar-refractivity contribution >= 4 is 39.5 Å². The number of ether oxygens (including phenoxy) is 3. The Labute approximate surface area is 201 Å². The summed E-state index contributed by atoms with van der Waals surface area (Å²) in [6.45, 7) is 2.08. The number of hydrogen-bond acceptors (Lipinski definition) is 8. The maximum atomic E-state index is 12.7. The van der Waals surface area contributed by atoms with E-state index in [1.165, 1.54) is 11.3 Å². The zero-order valence-corrected chi connectivity index (χ0v) is 19.9. The molecule has 1 atom stereocenters. The molecule has 0 fully saturated rings. The predicted octanol–water partition coefficient (Wildman–Crippen LogP) is 3.67. The van der Waals surface area contributed by atoms with E-state index in [-0.39, 0.29) is 19.8 Å². The van der Waals surface area contributed by atoms with Gasteiger partial charge in [-0.05, 0) is 24.1 Å². The van der Waals surface area contributed by atoms with Gasteiger partial charge in [0.1, 0.15) is 18.4 Å². The van der Waals surface area contributed by atoms with Crippen molar-refractivity contribution in [3.05, 3.63) is 59.1 Å². The van der Waals surface area contributed by atoms with Gasteiger partial charge in [0.15, 0.2) is 0 Å². The molecular formula is C24H27N3O6S. The predicted molar refractivity (Wildman–Crippen MR) is 128 cm³/mol. The number of carbonyl (C=O) groups excluding carboxylic acids is 3. The number of carbonyl (C=O) groups is 3. The van der Waals surface area contributed by atoms with Gasteiger partial charge in [-0.1, -0.05) is 43.7 Å². The quantitative estimate of drug-likeness (QED) is 0.314. The number of hydrogen-bond donors (Lipinski definition) is 2. The van der Waals surface area contributed by atoms with E-state index in [1.54, 1.807) is 25.4 Å². The number of unbranched alkanes of at least 4 members (excludes halogenated alkanes) is 1. The molecule has 10 heteroatoms. The Balaban J connectivity index is 1.62. The number of thiophene rings is 1. The molecule has 0 aliphatic heterocycles. The Morgan fingerprint density at radius 2 is 1.91 bits per heavy atom. The molecule has 0 unspecified atom stereocenters. The zero-order chi connectivity index (χ0) is 24.3. The summed E-state index contributed by atoms with van der Waals surface area (Å²) in [4.78, 5) is 42.2. The number of rotatable bonds is 11. The summed E-state index contributed by atoms with van der Waals surface area (Å²) < 4.78 is 16.5. The molecule has 0 saturated heterocycles. The number of methoxy groups -OCH3 is 1. The monoisotopic (exact) mass is 485 g/mol. The van der Waals surface area contributed by atoms with Gasteiger partial charge in [0.05, 0.1) is 28.8 Å². The van der Waals surface area contributed by atoms with Gasteiger partial charge in [-0.3, -0.25) is 9.78 Å². The second-order valence-corrected chi connectivity index (χ2v) is 8.38. The van der Waals surface area contributed by atoms with Crippen LogP contribution in [0, 0.1) is 0 Å². The molecule has 180 valence electrons. The molecule has 34 heavy (non-hydrogen) atoms. The molecule has 2 aromatic heterocycles. The van der Waals surface area contributed by atoms with E-state index in [0.717, 1.165) is 16.7 Å². The molecule has 2 N–H and O–H groups in total. The first-order valence-corrected chi connectivity index (χ1v) is 11.7. The van der Waals surface area contributed by atoms with Crippen molar-refractivity contribution < 1.29 is 28.6 Å². The van der Waals surface area contributed by atoms with Crippen LogP contribution in [-0.2, 0) is 20.9 Å². The van der Waals surface area contributed by atoms with Gasteiger partial charge in [0, 0.05) is 12.7 Å². The number of aromatic nitrogens is 1. The van der Waals surface area contributed by atoms with Crippen LogP contribution in [0.15, 0.2) is 48.7 Å². The number of esters is 1. The molecule has 1 aromatic carbocycles. The maximum absolute atomic E-state index is 12.7. The van der Waals surface area contributed by atoms with Gasteiger partial charge in [-0.25, -0.2) is 9.59 Å². The summed E-state index contributed by atoms with van der Waals surface area (Å²) in [6.07, 6.45) is 2.36. The van der Waals surface area contributed by atoms with Crippen LogP contribution in [0.2, 0.25) is 0 Å².